The van der Waals surface area contributed by atoms with E-state index in [1.54, 1.807) is 25.3 Å². The summed E-state index contributed by atoms with van der Waals surface area (Å²) in [4.78, 5) is 7.67. The van der Waals surface area contributed by atoms with Crippen molar-refractivity contribution in [3.05, 3.63) is 24.0 Å². The van der Waals surface area contributed by atoms with E-state index in [2.05, 4.69) is 9.97 Å². The van der Waals surface area contributed by atoms with E-state index in [9.17, 15) is 8.42 Å². The van der Waals surface area contributed by atoms with E-state index in [0.29, 0.717) is 29.8 Å². The number of nitrogens with zero attached hydrogens (tertiary/aromatic N) is 1. The predicted octanol–water partition coefficient (Wildman–Crippen LogP) is 0.483. The third-order valence-electron chi connectivity index (χ3n) is 2.94. The molecule has 2 rings (SSSR count). The molecule has 1 unspecified atom stereocenters. The first-order valence-electron chi connectivity index (χ1n) is 5.86. The van der Waals surface area contributed by atoms with Crippen LogP contribution in [0, 0.1) is 0 Å². The van der Waals surface area contributed by atoms with Gasteiger partial charge in [0.25, 0.3) is 0 Å². The molecule has 1 aromatic heterocycles. The van der Waals surface area contributed by atoms with Gasteiger partial charge >= 0.3 is 0 Å². The van der Waals surface area contributed by atoms with E-state index in [4.69, 9.17) is 10.5 Å². The summed E-state index contributed by atoms with van der Waals surface area (Å²) in [5, 5.41) is 0. The molecule has 6 nitrogen and oxygen atoms in total. The average molecular weight is 283 g/mol. The van der Waals surface area contributed by atoms with Crippen molar-refractivity contribution >= 4 is 20.9 Å². The molecule has 0 radical (unpaired) electrons. The molecule has 2 aromatic rings. The summed E-state index contributed by atoms with van der Waals surface area (Å²) < 4.78 is 28.6. The molecule has 0 spiro atoms. The monoisotopic (exact) mass is 283 g/mol. The molecule has 7 heteroatoms. The largest absolute Gasteiger partial charge is 0.380 e. The lowest BCUT2D eigenvalue weighted by Gasteiger charge is -2.09. The molecular formula is C12H17N3O3S. The van der Waals surface area contributed by atoms with Crippen molar-refractivity contribution in [2.75, 3.05) is 19.9 Å². The van der Waals surface area contributed by atoms with E-state index in [1.165, 1.54) is 6.26 Å². The summed E-state index contributed by atoms with van der Waals surface area (Å²) in [6, 6.07) is 5.04. The molecule has 0 fully saturated rings. The summed E-state index contributed by atoms with van der Waals surface area (Å²) in [5.74, 6) is 0.670. The maximum absolute atomic E-state index is 11.7. The zero-order valence-corrected chi connectivity index (χ0v) is 11.7. The van der Waals surface area contributed by atoms with Gasteiger partial charge in [-0.2, -0.15) is 0 Å². The van der Waals surface area contributed by atoms with Gasteiger partial charge in [0.15, 0.2) is 9.84 Å². The van der Waals surface area contributed by atoms with Crippen LogP contribution in [0.3, 0.4) is 0 Å². The Balaban J connectivity index is 2.46. The SMILES string of the molecule is COC(CN)Cc1nc2c(S(C)(=O)=O)cccc2[nH]1. The van der Waals surface area contributed by atoms with Gasteiger partial charge in [-0.1, -0.05) is 6.07 Å². The molecule has 0 bridgehead atoms. The zero-order chi connectivity index (χ0) is 14.0. The number of nitrogens with two attached hydrogens (primary N) is 1. The third-order valence-corrected chi connectivity index (χ3v) is 4.07. The molecule has 0 aliphatic rings. The smallest absolute Gasteiger partial charge is 0.177 e. The first kappa shape index (κ1) is 14.0. The summed E-state index contributed by atoms with van der Waals surface area (Å²) in [6.07, 6.45) is 1.56. The van der Waals surface area contributed by atoms with Crippen LogP contribution in [0.5, 0.6) is 0 Å². The van der Waals surface area contributed by atoms with Crippen LogP contribution in [0.1, 0.15) is 5.82 Å². The number of nitrogens with one attached hydrogen (secondary N) is 1. The summed E-state index contributed by atoms with van der Waals surface area (Å²) in [6.45, 7) is 0.381. The molecule has 0 saturated heterocycles. The van der Waals surface area contributed by atoms with Crippen molar-refractivity contribution in [2.24, 2.45) is 5.73 Å². The highest BCUT2D eigenvalue weighted by atomic mass is 32.2. The topological polar surface area (TPSA) is 98.1 Å². The van der Waals surface area contributed by atoms with Gasteiger partial charge in [0.1, 0.15) is 11.3 Å². The van der Waals surface area contributed by atoms with Crippen molar-refractivity contribution in [3.8, 4) is 0 Å². The lowest BCUT2D eigenvalue weighted by Crippen LogP contribution is -2.25. The number of rotatable bonds is 5. The standard InChI is InChI=1S/C12H17N3O3S/c1-18-8(7-13)6-11-14-9-4-3-5-10(12(9)15-11)19(2,16)17/h3-5,8H,6-7,13H2,1-2H3,(H,14,15). The number of imidazole rings is 1. The number of benzene rings is 1. The highest BCUT2D eigenvalue weighted by Gasteiger charge is 2.16. The minimum absolute atomic E-state index is 0.137. The first-order valence-corrected chi connectivity index (χ1v) is 7.75. The lowest BCUT2D eigenvalue weighted by atomic mass is 10.2. The van der Waals surface area contributed by atoms with Crippen LogP contribution >= 0.6 is 0 Å². The van der Waals surface area contributed by atoms with Gasteiger partial charge in [0.05, 0.1) is 16.5 Å². The minimum atomic E-state index is -3.29. The maximum atomic E-state index is 11.7. The Morgan fingerprint density at radius 2 is 2.21 bits per heavy atom. The van der Waals surface area contributed by atoms with E-state index in [1.807, 2.05) is 0 Å². The van der Waals surface area contributed by atoms with Crippen LogP contribution in [0.4, 0.5) is 0 Å². The van der Waals surface area contributed by atoms with Gasteiger partial charge in [0.2, 0.25) is 0 Å². The Morgan fingerprint density at radius 3 is 2.79 bits per heavy atom. The average Bonchev–Trinajstić information content (AvgIpc) is 2.76. The lowest BCUT2D eigenvalue weighted by molar-refractivity contribution is 0.108. The second-order valence-electron chi connectivity index (χ2n) is 4.41. The number of para-hydroxylation sites is 1. The summed E-state index contributed by atoms with van der Waals surface area (Å²) in [7, 11) is -1.71. The number of aromatic nitrogens is 2. The number of sulfone groups is 1. The van der Waals surface area contributed by atoms with E-state index >= 15 is 0 Å². The van der Waals surface area contributed by atoms with Gasteiger partial charge < -0.3 is 15.5 Å². The molecule has 1 aromatic carbocycles. The van der Waals surface area contributed by atoms with Gasteiger partial charge in [-0.25, -0.2) is 13.4 Å². The number of hydrogen-bond donors (Lipinski definition) is 2. The van der Waals surface area contributed by atoms with Gasteiger partial charge in [0, 0.05) is 26.3 Å². The Labute approximate surface area is 111 Å². The van der Waals surface area contributed by atoms with E-state index < -0.39 is 9.84 Å². The molecule has 0 aliphatic carbocycles. The zero-order valence-electron chi connectivity index (χ0n) is 10.9. The molecule has 19 heavy (non-hydrogen) atoms. The molecule has 1 heterocycles. The van der Waals surface area contributed by atoms with Crippen LogP contribution in [0.25, 0.3) is 11.0 Å². The number of aromatic amines is 1. The number of ether oxygens (including phenoxy) is 1. The van der Waals surface area contributed by atoms with E-state index in [0.717, 1.165) is 0 Å². The highest BCUT2D eigenvalue weighted by molar-refractivity contribution is 7.91. The van der Waals surface area contributed by atoms with Crippen molar-refractivity contribution in [3.63, 3.8) is 0 Å². The van der Waals surface area contributed by atoms with Crippen molar-refractivity contribution < 1.29 is 13.2 Å². The molecule has 0 amide bonds. The van der Waals surface area contributed by atoms with Crippen LogP contribution in [-0.2, 0) is 21.0 Å². The maximum Gasteiger partial charge on any atom is 0.177 e. The van der Waals surface area contributed by atoms with Gasteiger partial charge in [-0.05, 0) is 12.1 Å². The van der Waals surface area contributed by atoms with Gasteiger partial charge in [-0.15, -0.1) is 0 Å². The van der Waals surface area contributed by atoms with E-state index in [-0.39, 0.29) is 11.0 Å². The quantitative estimate of drug-likeness (QED) is 0.832. The second-order valence-corrected chi connectivity index (χ2v) is 6.39. The van der Waals surface area contributed by atoms with Crippen molar-refractivity contribution in [2.45, 2.75) is 17.4 Å². The number of fused-ring (bicyclic) bond motifs is 1. The fourth-order valence-electron chi connectivity index (χ4n) is 1.93. The molecule has 0 aliphatic heterocycles. The van der Waals surface area contributed by atoms with Crippen LogP contribution in [0.15, 0.2) is 23.1 Å². The number of H-pyrrole nitrogens is 1. The number of hydrogen-bond acceptors (Lipinski definition) is 5. The third kappa shape index (κ3) is 2.94. The predicted molar refractivity (Wildman–Crippen MR) is 72.8 cm³/mol. The first-order chi connectivity index (χ1) is 8.95. The Kier molecular flexibility index (Phi) is 3.88. The van der Waals surface area contributed by atoms with Crippen LogP contribution in [0.2, 0.25) is 0 Å². The summed E-state index contributed by atoms with van der Waals surface area (Å²) in [5.41, 5.74) is 6.73. The van der Waals surface area contributed by atoms with Gasteiger partial charge in [-0.3, -0.25) is 0 Å². The summed E-state index contributed by atoms with van der Waals surface area (Å²) >= 11 is 0. The fraction of sp³-hybridized carbons (Fsp3) is 0.417. The van der Waals surface area contributed by atoms with Crippen molar-refractivity contribution in [1.82, 2.24) is 9.97 Å². The van der Waals surface area contributed by atoms with Crippen LogP contribution < -0.4 is 5.73 Å². The Hall–Kier alpha value is -1.44. The second kappa shape index (κ2) is 5.28. The van der Waals surface area contributed by atoms with Crippen molar-refractivity contribution in [1.29, 1.82) is 0 Å². The molecular weight excluding hydrogens is 266 g/mol. The fourth-order valence-corrected chi connectivity index (χ4v) is 2.76. The molecule has 0 saturated carbocycles. The normalized spacial score (nSPS) is 13.8. The Morgan fingerprint density at radius 1 is 1.47 bits per heavy atom. The highest BCUT2D eigenvalue weighted by Crippen LogP contribution is 2.21. The molecule has 104 valence electrons. The minimum Gasteiger partial charge on any atom is -0.380 e. The molecule has 1 atom stereocenters. The Bertz CT molecular complexity index is 675. The molecule has 3 N–H and O–H groups in total. The van der Waals surface area contributed by atoms with Crippen LogP contribution in [-0.4, -0.2) is 44.4 Å². The number of methoxy groups -OCH3 is 1.